The van der Waals surface area contributed by atoms with Gasteiger partial charge in [-0.1, -0.05) is 36.4 Å². The maximum absolute atomic E-state index is 13.1. The Morgan fingerprint density at radius 3 is 1.65 bits per heavy atom. The molecule has 0 aliphatic rings. The quantitative estimate of drug-likeness (QED) is 0.538. The van der Waals surface area contributed by atoms with Crippen LogP contribution in [0.25, 0.3) is 0 Å². The molecule has 124 valence electrons. The van der Waals surface area contributed by atoms with Gasteiger partial charge in [0.05, 0.1) is 11.2 Å². The fraction of sp³-hybridized carbons (Fsp3) is 0.235. The number of ether oxygens (including phenoxy) is 1. The molecule has 0 N–H and O–H groups in total. The molecule has 2 aromatic rings. The van der Waals surface area contributed by atoms with Crippen molar-refractivity contribution in [3.8, 4) is 0 Å². The first-order valence-electron chi connectivity index (χ1n) is 7.07. The van der Waals surface area contributed by atoms with Crippen LogP contribution in [0.15, 0.2) is 70.5 Å². The number of benzene rings is 2. The summed E-state index contributed by atoms with van der Waals surface area (Å²) < 4.78 is 29.5. The van der Waals surface area contributed by atoms with Gasteiger partial charge in [0, 0.05) is 31.1 Å². The highest BCUT2D eigenvalue weighted by Crippen LogP contribution is 2.55. The minimum atomic E-state index is -3.39. The molecule has 0 fully saturated rings. The summed E-state index contributed by atoms with van der Waals surface area (Å²) in [6, 6.07) is 19.8. The summed E-state index contributed by atoms with van der Waals surface area (Å²) in [5, 5.41) is 0. The molecule has 0 aromatic heterocycles. The second-order valence-electron chi connectivity index (χ2n) is 4.62. The second kappa shape index (κ2) is 8.57. The van der Waals surface area contributed by atoms with Gasteiger partial charge in [-0.05, 0) is 24.3 Å². The van der Waals surface area contributed by atoms with E-state index >= 15 is 0 Å². The van der Waals surface area contributed by atoms with Gasteiger partial charge in [0.2, 0.25) is 0 Å². The largest absolute Gasteiger partial charge is 0.379 e. The highest BCUT2D eigenvalue weighted by Gasteiger charge is 2.31. The SMILES string of the molecule is COCC(=S(c1ccccc1)c1ccccc1)P(=O)(OC)OC. The van der Waals surface area contributed by atoms with Crippen LogP contribution in [0.5, 0.6) is 0 Å². The predicted octanol–water partition coefficient (Wildman–Crippen LogP) is 4.64. The maximum atomic E-state index is 13.1. The van der Waals surface area contributed by atoms with Crippen LogP contribution in [0.4, 0.5) is 0 Å². The van der Waals surface area contributed by atoms with Gasteiger partial charge in [0.25, 0.3) is 0 Å². The van der Waals surface area contributed by atoms with Crippen LogP contribution in [0, 0.1) is 0 Å². The summed E-state index contributed by atoms with van der Waals surface area (Å²) in [4.78, 5) is 2.08. The van der Waals surface area contributed by atoms with Gasteiger partial charge in [-0.15, -0.1) is 10.5 Å². The lowest BCUT2D eigenvalue weighted by Crippen LogP contribution is -2.11. The minimum Gasteiger partial charge on any atom is -0.379 e. The fourth-order valence-corrected chi connectivity index (χ4v) is 6.90. The van der Waals surface area contributed by atoms with Gasteiger partial charge in [0.15, 0.2) is 0 Å². The summed E-state index contributed by atoms with van der Waals surface area (Å²) in [7, 11) is 0.407. The molecule has 0 radical (unpaired) electrons. The van der Waals surface area contributed by atoms with E-state index < -0.39 is 18.1 Å². The normalized spacial score (nSPS) is 11.7. The highest BCUT2D eigenvalue weighted by atomic mass is 32.2. The van der Waals surface area contributed by atoms with Gasteiger partial charge in [-0.2, -0.15) is 0 Å². The molecular formula is C17H21O4PS. The van der Waals surface area contributed by atoms with Crippen LogP contribution in [0.2, 0.25) is 0 Å². The number of methoxy groups -OCH3 is 1. The Morgan fingerprint density at radius 1 is 0.870 bits per heavy atom. The van der Waals surface area contributed by atoms with Crippen LogP contribution in [-0.4, -0.2) is 32.5 Å². The first-order valence-corrected chi connectivity index (χ1v) is 9.84. The van der Waals surface area contributed by atoms with Crippen LogP contribution in [-0.2, 0) is 18.3 Å². The zero-order valence-electron chi connectivity index (χ0n) is 13.5. The topological polar surface area (TPSA) is 44.8 Å². The van der Waals surface area contributed by atoms with Crippen molar-refractivity contribution in [2.75, 3.05) is 27.9 Å². The average Bonchev–Trinajstić information content (AvgIpc) is 2.62. The first-order chi connectivity index (χ1) is 11.2. The molecule has 0 bridgehead atoms. The van der Waals surface area contributed by atoms with E-state index in [4.69, 9.17) is 13.8 Å². The molecule has 6 heteroatoms. The molecule has 0 heterocycles. The van der Waals surface area contributed by atoms with E-state index in [2.05, 4.69) is 0 Å². The molecule has 4 nitrogen and oxygen atoms in total. The van der Waals surface area contributed by atoms with Crippen LogP contribution in [0.1, 0.15) is 0 Å². The minimum absolute atomic E-state index is 0.200. The van der Waals surface area contributed by atoms with E-state index in [1.54, 1.807) is 7.11 Å². The molecular weight excluding hydrogens is 331 g/mol. The first kappa shape index (κ1) is 18.1. The van der Waals surface area contributed by atoms with E-state index in [0.29, 0.717) is 4.61 Å². The summed E-state index contributed by atoms with van der Waals surface area (Å²) in [6.45, 7) is 0.200. The molecule has 0 saturated heterocycles. The van der Waals surface area contributed by atoms with Crippen molar-refractivity contribution in [2.45, 2.75) is 9.79 Å². The molecule has 0 spiro atoms. The highest BCUT2D eigenvalue weighted by molar-refractivity contribution is 8.23. The molecule has 0 aliphatic carbocycles. The molecule has 0 saturated carbocycles. The average molecular weight is 352 g/mol. The van der Waals surface area contributed by atoms with Crippen molar-refractivity contribution >= 4 is 22.7 Å². The molecule has 0 aliphatic heterocycles. The standard InChI is InChI=1S/C17H21O4PS/c1-19-14-17(22(18,20-2)21-3)23(15-10-6-4-7-11-15)16-12-8-5-9-13-16/h4-13H,14H2,1-3H3. The van der Waals surface area contributed by atoms with Crippen molar-refractivity contribution in [3.05, 3.63) is 60.7 Å². The van der Waals surface area contributed by atoms with E-state index in [9.17, 15) is 4.57 Å². The predicted molar refractivity (Wildman–Crippen MR) is 95.5 cm³/mol. The molecule has 0 unspecified atom stereocenters. The third-order valence-electron chi connectivity index (χ3n) is 3.25. The Balaban J connectivity index is 2.78. The lowest BCUT2D eigenvalue weighted by molar-refractivity contribution is 0.242. The lowest BCUT2D eigenvalue weighted by atomic mass is 10.4. The number of hydrogen-bond acceptors (Lipinski definition) is 4. The van der Waals surface area contributed by atoms with E-state index in [1.807, 2.05) is 60.7 Å². The number of rotatable bonds is 7. The van der Waals surface area contributed by atoms with Crippen molar-refractivity contribution in [3.63, 3.8) is 0 Å². The summed E-state index contributed by atoms with van der Waals surface area (Å²) >= 11 is 0. The van der Waals surface area contributed by atoms with Gasteiger partial charge in [0.1, 0.15) is 0 Å². The third-order valence-corrected chi connectivity index (χ3v) is 8.24. The van der Waals surface area contributed by atoms with E-state index in [1.165, 1.54) is 14.2 Å². The van der Waals surface area contributed by atoms with Crippen molar-refractivity contribution in [1.29, 1.82) is 0 Å². The van der Waals surface area contributed by atoms with Crippen LogP contribution in [0.3, 0.4) is 0 Å². The number of hydrogen-bond donors (Lipinski definition) is 0. The van der Waals surface area contributed by atoms with Crippen LogP contribution >= 0.6 is 18.1 Å². The van der Waals surface area contributed by atoms with Gasteiger partial charge in [-0.3, -0.25) is 4.57 Å². The smallest absolute Gasteiger partial charge is 0.365 e. The fourth-order valence-electron chi connectivity index (χ4n) is 2.17. The van der Waals surface area contributed by atoms with E-state index in [0.717, 1.165) is 9.79 Å². The molecule has 0 amide bonds. The Labute approximate surface area is 139 Å². The summed E-state index contributed by atoms with van der Waals surface area (Å²) in [5.74, 6) is 0. The van der Waals surface area contributed by atoms with Crippen molar-refractivity contribution in [1.82, 2.24) is 0 Å². The zero-order valence-corrected chi connectivity index (χ0v) is 15.2. The van der Waals surface area contributed by atoms with Gasteiger partial charge >= 0.3 is 7.60 Å². The van der Waals surface area contributed by atoms with Crippen LogP contribution < -0.4 is 0 Å². The molecule has 2 aromatic carbocycles. The molecule has 2 rings (SSSR count). The molecule has 23 heavy (non-hydrogen) atoms. The zero-order chi connectivity index (χ0) is 16.7. The van der Waals surface area contributed by atoms with Crippen molar-refractivity contribution in [2.24, 2.45) is 0 Å². The Bertz CT molecular complexity index is 652. The van der Waals surface area contributed by atoms with E-state index in [-0.39, 0.29) is 6.61 Å². The Kier molecular flexibility index (Phi) is 6.75. The maximum Gasteiger partial charge on any atom is 0.365 e. The van der Waals surface area contributed by atoms with Crippen molar-refractivity contribution < 1.29 is 18.3 Å². The molecule has 0 atom stereocenters. The Morgan fingerprint density at radius 2 is 1.30 bits per heavy atom. The lowest BCUT2D eigenvalue weighted by Gasteiger charge is -2.22. The summed E-state index contributed by atoms with van der Waals surface area (Å²) in [6.07, 6.45) is 0. The monoisotopic (exact) mass is 352 g/mol. The summed E-state index contributed by atoms with van der Waals surface area (Å²) in [5.41, 5.74) is 0. The second-order valence-corrected chi connectivity index (χ2v) is 9.24. The van der Waals surface area contributed by atoms with Gasteiger partial charge < -0.3 is 13.8 Å². The van der Waals surface area contributed by atoms with Gasteiger partial charge in [-0.25, -0.2) is 0 Å². The third kappa shape index (κ3) is 4.19. The Hall–Kier alpha value is -1.23.